The number of amides is 1. The van der Waals surface area contributed by atoms with Crippen molar-refractivity contribution >= 4 is 35.0 Å². The molecule has 0 bridgehead atoms. The summed E-state index contributed by atoms with van der Waals surface area (Å²) in [6.45, 7) is 0. The fourth-order valence-corrected chi connectivity index (χ4v) is 1.64. The van der Waals surface area contributed by atoms with Crippen LogP contribution in [0.4, 0.5) is 11.4 Å². The van der Waals surface area contributed by atoms with Gasteiger partial charge in [0.2, 0.25) is 5.91 Å². The van der Waals surface area contributed by atoms with Crippen LogP contribution in [-0.4, -0.2) is 29.0 Å². The fourth-order valence-electron chi connectivity index (χ4n) is 1.26. The fraction of sp³-hybridized carbons (Fsp3) is 0.273. The Morgan fingerprint density at radius 3 is 2.76 bits per heavy atom. The minimum Gasteiger partial charge on any atom is -0.478 e. The van der Waals surface area contributed by atoms with Crippen molar-refractivity contribution < 1.29 is 14.7 Å². The Balaban J connectivity index is 2.83. The summed E-state index contributed by atoms with van der Waals surface area (Å²) in [6, 6.07) is 4.37. The third kappa shape index (κ3) is 3.99. The Hall–Kier alpha value is -1.69. The van der Waals surface area contributed by atoms with E-state index in [1.807, 2.05) is 6.26 Å². The smallest absolute Gasteiger partial charge is 0.337 e. The highest BCUT2D eigenvalue weighted by molar-refractivity contribution is 7.98. The van der Waals surface area contributed by atoms with E-state index >= 15 is 0 Å². The molecule has 1 aromatic carbocycles. The van der Waals surface area contributed by atoms with E-state index in [2.05, 4.69) is 5.32 Å². The van der Waals surface area contributed by atoms with Crippen LogP contribution in [0.5, 0.6) is 0 Å². The number of carbonyl (C=O) groups excluding carboxylic acids is 1. The number of benzene rings is 1. The van der Waals surface area contributed by atoms with Crippen LogP contribution in [0.15, 0.2) is 18.2 Å². The standard InChI is InChI=1S/C11H14N2O3S/c1-17-5-4-10(14)13-9-3-2-7(12)6-8(9)11(15)16/h2-3,6H,4-5,12H2,1H3,(H,13,14)(H,15,16). The third-order valence-electron chi connectivity index (χ3n) is 2.08. The van der Waals surface area contributed by atoms with Crippen LogP contribution < -0.4 is 11.1 Å². The van der Waals surface area contributed by atoms with E-state index in [1.165, 1.54) is 12.1 Å². The Morgan fingerprint density at radius 1 is 1.47 bits per heavy atom. The van der Waals surface area contributed by atoms with Crippen LogP contribution >= 0.6 is 11.8 Å². The number of nitrogens with two attached hydrogens (primary N) is 1. The molecule has 0 saturated heterocycles. The maximum Gasteiger partial charge on any atom is 0.337 e. The Labute approximate surface area is 103 Å². The van der Waals surface area contributed by atoms with Gasteiger partial charge in [-0.05, 0) is 24.5 Å². The summed E-state index contributed by atoms with van der Waals surface area (Å²) in [4.78, 5) is 22.4. The molecule has 0 saturated carbocycles. The molecule has 0 spiro atoms. The molecule has 0 radical (unpaired) electrons. The molecule has 0 fully saturated rings. The van der Waals surface area contributed by atoms with Gasteiger partial charge in [-0.1, -0.05) is 0 Å². The van der Waals surface area contributed by atoms with Gasteiger partial charge in [-0.15, -0.1) is 0 Å². The summed E-state index contributed by atoms with van der Waals surface area (Å²) >= 11 is 1.56. The minimum atomic E-state index is -1.11. The maximum atomic E-state index is 11.5. The summed E-state index contributed by atoms with van der Waals surface area (Å²) in [6.07, 6.45) is 2.25. The average molecular weight is 254 g/mol. The van der Waals surface area contributed by atoms with Crippen LogP contribution in [0.2, 0.25) is 0 Å². The largest absolute Gasteiger partial charge is 0.478 e. The summed E-state index contributed by atoms with van der Waals surface area (Å²) < 4.78 is 0. The number of carboxylic acids is 1. The van der Waals surface area contributed by atoms with Crippen molar-refractivity contribution in [3.63, 3.8) is 0 Å². The van der Waals surface area contributed by atoms with Crippen LogP contribution in [0, 0.1) is 0 Å². The molecular weight excluding hydrogens is 240 g/mol. The first kappa shape index (κ1) is 13.4. The SMILES string of the molecule is CSCCC(=O)Nc1ccc(N)cc1C(=O)O. The van der Waals surface area contributed by atoms with Gasteiger partial charge in [0.25, 0.3) is 0 Å². The molecule has 4 N–H and O–H groups in total. The van der Waals surface area contributed by atoms with Crippen LogP contribution in [0.3, 0.4) is 0 Å². The number of hydrogen-bond donors (Lipinski definition) is 3. The van der Waals surface area contributed by atoms with Crippen molar-refractivity contribution in [2.75, 3.05) is 23.1 Å². The predicted molar refractivity (Wildman–Crippen MR) is 69.4 cm³/mol. The topological polar surface area (TPSA) is 92.4 Å². The lowest BCUT2D eigenvalue weighted by atomic mass is 10.1. The Bertz CT molecular complexity index is 435. The monoisotopic (exact) mass is 254 g/mol. The zero-order valence-corrected chi connectivity index (χ0v) is 10.2. The second kappa shape index (κ2) is 6.15. The molecule has 1 rings (SSSR count). The van der Waals surface area contributed by atoms with Crippen molar-refractivity contribution in [3.8, 4) is 0 Å². The zero-order chi connectivity index (χ0) is 12.8. The molecule has 0 heterocycles. The van der Waals surface area contributed by atoms with E-state index in [1.54, 1.807) is 17.8 Å². The van der Waals surface area contributed by atoms with E-state index in [9.17, 15) is 9.59 Å². The number of hydrogen-bond acceptors (Lipinski definition) is 4. The maximum absolute atomic E-state index is 11.5. The molecular formula is C11H14N2O3S. The van der Waals surface area contributed by atoms with Gasteiger partial charge in [0.05, 0.1) is 11.3 Å². The molecule has 17 heavy (non-hydrogen) atoms. The van der Waals surface area contributed by atoms with Crippen molar-refractivity contribution in [2.45, 2.75) is 6.42 Å². The van der Waals surface area contributed by atoms with Gasteiger partial charge >= 0.3 is 5.97 Å². The van der Waals surface area contributed by atoms with Crippen LogP contribution in [0.25, 0.3) is 0 Å². The molecule has 0 aliphatic heterocycles. The first-order valence-corrected chi connectivity index (χ1v) is 6.35. The Morgan fingerprint density at radius 2 is 2.18 bits per heavy atom. The van der Waals surface area contributed by atoms with Crippen molar-refractivity contribution in [1.82, 2.24) is 0 Å². The minimum absolute atomic E-state index is 0.00232. The highest BCUT2D eigenvalue weighted by Crippen LogP contribution is 2.19. The lowest BCUT2D eigenvalue weighted by Crippen LogP contribution is -2.15. The molecule has 0 aromatic heterocycles. The normalized spacial score (nSPS) is 9.94. The van der Waals surface area contributed by atoms with E-state index in [4.69, 9.17) is 10.8 Å². The van der Waals surface area contributed by atoms with Crippen molar-refractivity contribution in [1.29, 1.82) is 0 Å². The van der Waals surface area contributed by atoms with E-state index in [0.29, 0.717) is 17.9 Å². The van der Waals surface area contributed by atoms with Crippen molar-refractivity contribution in [3.05, 3.63) is 23.8 Å². The molecule has 6 heteroatoms. The quantitative estimate of drug-likeness (QED) is 0.695. The molecule has 0 atom stereocenters. The highest BCUT2D eigenvalue weighted by atomic mass is 32.2. The number of aromatic carboxylic acids is 1. The van der Waals surface area contributed by atoms with Gasteiger partial charge in [0, 0.05) is 17.9 Å². The zero-order valence-electron chi connectivity index (χ0n) is 9.40. The number of rotatable bonds is 5. The van der Waals surface area contributed by atoms with Crippen LogP contribution in [-0.2, 0) is 4.79 Å². The van der Waals surface area contributed by atoms with Gasteiger partial charge in [-0.3, -0.25) is 4.79 Å². The summed E-state index contributed by atoms with van der Waals surface area (Å²) in [7, 11) is 0. The van der Waals surface area contributed by atoms with E-state index in [-0.39, 0.29) is 17.2 Å². The molecule has 0 unspecified atom stereocenters. The van der Waals surface area contributed by atoms with Gasteiger partial charge in [-0.25, -0.2) is 4.79 Å². The number of carboxylic acid groups (broad SMARTS) is 1. The highest BCUT2D eigenvalue weighted by Gasteiger charge is 2.12. The molecule has 0 aliphatic carbocycles. The average Bonchev–Trinajstić information content (AvgIpc) is 2.28. The lowest BCUT2D eigenvalue weighted by Gasteiger charge is -2.08. The van der Waals surface area contributed by atoms with E-state index in [0.717, 1.165) is 0 Å². The molecule has 1 aromatic rings. The van der Waals surface area contributed by atoms with Gasteiger partial charge < -0.3 is 16.2 Å². The van der Waals surface area contributed by atoms with Gasteiger partial charge in [0.15, 0.2) is 0 Å². The summed E-state index contributed by atoms with van der Waals surface area (Å²) in [5.41, 5.74) is 6.13. The first-order chi connectivity index (χ1) is 8.04. The summed E-state index contributed by atoms with van der Waals surface area (Å²) in [5.74, 6) is -0.618. The molecule has 0 aliphatic rings. The molecule has 92 valence electrons. The number of carbonyl (C=O) groups is 2. The number of nitrogen functional groups attached to an aromatic ring is 1. The number of anilines is 2. The molecule has 1 amide bonds. The van der Waals surface area contributed by atoms with Gasteiger partial charge in [-0.2, -0.15) is 11.8 Å². The summed E-state index contributed by atoms with van der Waals surface area (Å²) in [5, 5.41) is 11.5. The third-order valence-corrected chi connectivity index (χ3v) is 2.69. The van der Waals surface area contributed by atoms with Crippen LogP contribution in [0.1, 0.15) is 16.8 Å². The predicted octanol–water partition coefficient (Wildman–Crippen LogP) is 1.66. The number of thioether (sulfide) groups is 1. The first-order valence-electron chi connectivity index (χ1n) is 4.96. The van der Waals surface area contributed by atoms with Gasteiger partial charge in [0.1, 0.15) is 0 Å². The second-order valence-corrected chi connectivity index (χ2v) is 4.39. The van der Waals surface area contributed by atoms with E-state index < -0.39 is 5.97 Å². The lowest BCUT2D eigenvalue weighted by molar-refractivity contribution is -0.115. The Kier molecular flexibility index (Phi) is 4.84. The number of nitrogens with one attached hydrogen (secondary N) is 1. The second-order valence-electron chi connectivity index (χ2n) is 3.40. The van der Waals surface area contributed by atoms with Crippen molar-refractivity contribution in [2.24, 2.45) is 0 Å². The molecule has 5 nitrogen and oxygen atoms in total.